The predicted molar refractivity (Wildman–Crippen MR) is 78.7 cm³/mol. The van der Waals surface area contributed by atoms with Gasteiger partial charge in [0.1, 0.15) is 11.6 Å². The number of nitrogens with zero attached hydrogens (tertiary/aromatic N) is 2. The van der Waals surface area contributed by atoms with E-state index in [-0.39, 0.29) is 11.8 Å². The van der Waals surface area contributed by atoms with Crippen LogP contribution in [0.15, 0.2) is 36.5 Å². The second-order valence-electron chi connectivity index (χ2n) is 4.84. The Hall–Kier alpha value is -2.30. The Labute approximate surface area is 117 Å². The molecule has 1 unspecified atom stereocenters. The van der Waals surface area contributed by atoms with Crippen molar-refractivity contribution in [1.29, 1.82) is 0 Å². The fraction of sp³-hybridized carbons (Fsp3) is 0.267. The number of aromatic hydroxyl groups is 1. The number of rotatable bonds is 4. The van der Waals surface area contributed by atoms with Gasteiger partial charge in [0.2, 0.25) is 0 Å². The van der Waals surface area contributed by atoms with Gasteiger partial charge >= 0.3 is 0 Å². The lowest BCUT2D eigenvalue weighted by molar-refractivity contribution is 0.467. The third kappa shape index (κ3) is 2.99. The molecule has 1 aromatic heterocycles. The van der Waals surface area contributed by atoms with E-state index >= 15 is 0 Å². The summed E-state index contributed by atoms with van der Waals surface area (Å²) in [7, 11) is 3.80. The lowest BCUT2D eigenvalue weighted by atomic mass is 10.1. The summed E-state index contributed by atoms with van der Waals surface area (Å²) < 4.78 is 13.8. The highest BCUT2D eigenvalue weighted by Gasteiger charge is 2.14. The molecule has 0 fully saturated rings. The first-order chi connectivity index (χ1) is 9.49. The van der Waals surface area contributed by atoms with Crippen molar-refractivity contribution in [2.45, 2.75) is 13.0 Å². The van der Waals surface area contributed by atoms with Gasteiger partial charge in [0, 0.05) is 31.9 Å². The first-order valence-corrected chi connectivity index (χ1v) is 6.36. The van der Waals surface area contributed by atoms with Crippen LogP contribution in [0.4, 0.5) is 15.9 Å². The standard InChI is InChI=1S/C15H18FN3O/c1-10(12-7-6-11(20)9-13(12)16)18-14-5-4-8-17-15(14)19(2)3/h4-10,18,20H,1-3H3. The second kappa shape index (κ2) is 5.77. The van der Waals surface area contributed by atoms with Crippen molar-refractivity contribution in [2.24, 2.45) is 0 Å². The van der Waals surface area contributed by atoms with Gasteiger partial charge in [0.25, 0.3) is 0 Å². The zero-order valence-corrected chi connectivity index (χ0v) is 11.8. The van der Waals surface area contributed by atoms with Gasteiger partial charge in [0.05, 0.1) is 11.7 Å². The molecule has 5 heteroatoms. The Morgan fingerprint density at radius 3 is 2.70 bits per heavy atom. The summed E-state index contributed by atoms with van der Waals surface area (Å²) in [5, 5.41) is 12.5. The third-order valence-electron chi connectivity index (χ3n) is 3.03. The highest BCUT2D eigenvalue weighted by molar-refractivity contribution is 5.65. The molecule has 0 saturated heterocycles. The normalized spacial score (nSPS) is 12.0. The molecule has 106 valence electrons. The molecule has 2 N–H and O–H groups in total. The van der Waals surface area contributed by atoms with Crippen molar-refractivity contribution in [3.8, 4) is 5.75 Å². The van der Waals surface area contributed by atoms with Gasteiger partial charge in [-0.25, -0.2) is 9.37 Å². The average molecular weight is 275 g/mol. The van der Waals surface area contributed by atoms with E-state index in [4.69, 9.17) is 0 Å². The Morgan fingerprint density at radius 2 is 2.05 bits per heavy atom. The van der Waals surface area contributed by atoms with E-state index in [0.717, 1.165) is 17.6 Å². The van der Waals surface area contributed by atoms with E-state index in [2.05, 4.69) is 10.3 Å². The predicted octanol–water partition coefficient (Wildman–Crippen LogP) is 3.17. The average Bonchev–Trinajstić information content (AvgIpc) is 2.38. The molecule has 1 atom stereocenters. The van der Waals surface area contributed by atoms with E-state index in [1.165, 1.54) is 6.07 Å². The van der Waals surface area contributed by atoms with E-state index in [9.17, 15) is 9.50 Å². The van der Waals surface area contributed by atoms with Crippen LogP contribution in [0.25, 0.3) is 0 Å². The molecular weight excluding hydrogens is 257 g/mol. The molecule has 0 aliphatic heterocycles. The van der Waals surface area contributed by atoms with Crippen LogP contribution in [0, 0.1) is 5.82 Å². The van der Waals surface area contributed by atoms with E-state index < -0.39 is 5.82 Å². The van der Waals surface area contributed by atoms with Gasteiger partial charge in [-0.1, -0.05) is 6.07 Å². The van der Waals surface area contributed by atoms with Crippen molar-refractivity contribution in [3.05, 3.63) is 47.9 Å². The number of aromatic nitrogens is 1. The number of nitrogens with one attached hydrogen (secondary N) is 1. The number of hydrogen-bond acceptors (Lipinski definition) is 4. The van der Waals surface area contributed by atoms with E-state index in [1.54, 1.807) is 12.3 Å². The largest absolute Gasteiger partial charge is 0.508 e. The summed E-state index contributed by atoms with van der Waals surface area (Å²) in [5.74, 6) is 0.285. The number of pyridine rings is 1. The molecular formula is C15H18FN3O. The van der Waals surface area contributed by atoms with Gasteiger partial charge in [-0.05, 0) is 25.1 Å². The number of phenols is 1. The van der Waals surface area contributed by atoms with Gasteiger partial charge in [-0.3, -0.25) is 0 Å². The topological polar surface area (TPSA) is 48.4 Å². The summed E-state index contributed by atoms with van der Waals surface area (Å²) in [5.41, 5.74) is 1.33. The van der Waals surface area contributed by atoms with Crippen LogP contribution in [-0.4, -0.2) is 24.2 Å². The molecule has 1 aromatic carbocycles. The van der Waals surface area contributed by atoms with Gasteiger partial charge in [0.15, 0.2) is 5.82 Å². The lowest BCUT2D eigenvalue weighted by Gasteiger charge is -2.21. The Kier molecular flexibility index (Phi) is 4.08. The SMILES string of the molecule is CC(Nc1cccnc1N(C)C)c1ccc(O)cc1F. The van der Waals surface area contributed by atoms with Crippen LogP contribution in [0.3, 0.4) is 0 Å². The van der Waals surface area contributed by atoms with Crippen LogP contribution < -0.4 is 10.2 Å². The maximum absolute atomic E-state index is 13.8. The Morgan fingerprint density at radius 1 is 1.30 bits per heavy atom. The Bertz CT molecular complexity index is 601. The fourth-order valence-electron chi connectivity index (χ4n) is 2.04. The van der Waals surface area contributed by atoms with Crippen molar-refractivity contribution in [2.75, 3.05) is 24.3 Å². The van der Waals surface area contributed by atoms with Crippen LogP contribution in [0.2, 0.25) is 0 Å². The summed E-state index contributed by atoms with van der Waals surface area (Å²) >= 11 is 0. The van der Waals surface area contributed by atoms with Crippen molar-refractivity contribution < 1.29 is 9.50 Å². The van der Waals surface area contributed by atoms with Crippen molar-refractivity contribution >= 4 is 11.5 Å². The maximum Gasteiger partial charge on any atom is 0.151 e. The molecule has 0 aliphatic carbocycles. The van der Waals surface area contributed by atoms with Crippen LogP contribution in [-0.2, 0) is 0 Å². The highest BCUT2D eigenvalue weighted by Crippen LogP contribution is 2.28. The molecule has 1 heterocycles. The Balaban J connectivity index is 2.26. The first-order valence-electron chi connectivity index (χ1n) is 6.36. The molecule has 0 radical (unpaired) electrons. The lowest BCUT2D eigenvalue weighted by Crippen LogP contribution is -2.16. The molecule has 0 amide bonds. The quantitative estimate of drug-likeness (QED) is 0.900. The minimum Gasteiger partial charge on any atom is -0.508 e. The zero-order chi connectivity index (χ0) is 14.7. The first kappa shape index (κ1) is 14.1. The minimum atomic E-state index is -0.430. The number of hydrogen-bond donors (Lipinski definition) is 2. The highest BCUT2D eigenvalue weighted by atomic mass is 19.1. The van der Waals surface area contributed by atoms with Crippen molar-refractivity contribution in [3.63, 3.8) is 0 Å². The van der Waals surface area contributed by atoms with Gasteiger partial charge < -0.3 is 15.3 Å². The minimum absolute atomic E-state index is 0.0752. The number of anilines is 2. The fourth-order valence-corrected chi connectivity index (χ4v) is 2.04. The number of phenolic OH excluding ortho intramolecular Hbond substituents is 1. The van der Waals surface area contributed by atoms with Crippen LogP contribution >= 0.6 is 0 Å². The summed E-state index contributed by atoms with van der Waals surface area (Å²) in [4.78, 5) is 6.18. The smallest absolute Gasteiger partial charge is 0.151 e. The van der Waals surface area contributed by atoms with E-state index in [0.29, 0.717) is 5.56 Å². The summed E-state index contributed by atoms with van der Waals surface area (Å²) in [6.07, 6.45) is 1.71. The third-order valence-corrected chi connectivity index (χ3v) is 3.03. The molecule has 20 heavy (non-hydrogen) atoms. The van der Waals surface area contributed by atoms with Gasteiger partial charge in [-0.2, -0.15) is 0 Å². The second-order valence-corrected chi connectivity index (χ2v) is 4.84. The maximum atomic E-state index is 13.8. The van der Waals surface area contributed by atoms with Crippen LogP contribution in [0.1, 0.15) is 18.5 Å². The molecule has 0 aliphatic rings. The van der Waals surface area contributed by atoms with E-state index in [1.807, 2.05) is 38.1 Å². The molecule has 0 spiro atoms. The number of benzene rings is 1. The van der Waals surface area contributed by atoms with Crippen molar-refractivity contribution in [1.82, 2.24) is 4.98 Å². The molecule has 0 saturated carbocycles. The van der Waals surface area contributed by atoms with Crippen LogP contribution in [0.5, 0.6) is 5.75 Å². The van der Waals surface area contributed by atoms with Gasteiger partial charge in [-0.15, -0.1) is 0 Å². The number of halogens is 1. The monoisotopic (exact) mass is 275 g/mol. The molecule has 0 bridgehead atoms. The molecule has 2 rings (SSSR count). The zero-order valence-electron chi connectivity index (χ0n) is 11.8. The summed E-state index contributed by atoms with van der Waals surface area (Å²) in [6, 6.07) is 7.66. The molecule has 2 aromatic rings. The summed E-state index contributed by atoms with van der Waals surface area (Å²) in [6.45, 7) is 1.86. The molecule has 4 nitrogen and oxygen atoms in total.